The van der Waals surface area contributed by atoms with Gasteiger partial charge in [0.1, 0.15) is 0 Å². The number of carbonyl (C=O) groups excluding carboxylic acids is 1. The summed E-state index contributed by atoms with van der Waals surface area (Å²) in [5.74, 6) is -0.222. The molecule has 0 aliphatic heterocycles. The highest BCUT2D eigenvalue weighted by atomic mass is 16.1. The van der Waals surface area contributed by atoms with Crippen molar-refractivity contribution in [3.8, 4) is 0 Å². The molecule has 0 atom stereocenters. The first kappa shape index (κ1) is 12.4. The molecule has 3 nitrogen and oxygen atoms in total. The first-order valence-electron chi connectivity index (χ1n) is 6.27. The predicted octanol–water partition coefficient (Wildman–Crippen LogP) is 2.91. The standard InChI is InChI=1S/C15H18N2O/c16-15(18)7-3-4-10-17-14-9-8-12-5-1-2-6-13(12)11-14/h1-2,5-6,8-9,11,17H,3-4,7,10H2,(H2,16,18). The van der Waals surface area contributed by atoms with E-state index in [1.54, 1.807) is 0 Å². The number of benzene rings is 2. The molecule has 0 radical (unpaired) electrons. The van der Waals surface area contributed by atoms with Crippen molar-refractivity contribution in [2.24, 2.45) is 5.73 Å². The van der Waals surface area contributed by atoms with Gasteiger partial charge in [-0.2, -0.15) is 0 Å². The minimum atomic E-state index is -0.222. The third kappa shape index (κ3) is 3.48. The number of amides is 1. The van der Waals surface area contributed by atoms with Crippen molar-refractivity contribution in [2.75, 3.05) is 11.9 Å². The average molecular weight is 242 g/mol. The van der Waals surface area contributed by atoms with Crippen LogP contribution >= 0.6 is 0 Å². The molecule has 0 saturated heterocycles. The summed E-state index contributed by atoms with van der Waals surface area (Å²) < 4.78 is 0. The Morgan fingerprint density at radius 3 is 2.61 bits per heavy atom. The minimum absolute atomic E-state index is 0.222. The zero-order valence-corrected chi connectivity index (χ0v) is 10.4. The van der Waals surface area contributed by atoms with Crippen LogP contribution in [0.1, 0.15) is 19.3 Å². The molecule has 2 aromatic rings. The van der Waals surface area contributed by atoms with Crippen LogP contribution in [0.3, 0.4) is 0 Å². The van der Waals surface area contributed by atoms with Crippen LogP contribution in [0.4, 0.5) is 5.69 Å². The normalized spacial score (nSPS) is 10.4. The molecule has 2 aromatic carbocycles. The smallest absolute Gasteiger partial charge is 0.217 e. The Morgan fingerprint density at radius 1 is 1.06 bits per heavy atom. The van der Waals surface area contributed by atoms with Crippen LogP contribution in [0.25, 0.3) is 10.8 Å². The van der Waals surface area contributed by atoms with Gasteiger partial charge < -0.3 is 11.1 Å². The fraction of sp³-hybridized carbons (Fsp3) is 0.267. The summed E-state index contributed by atoms with van der Waals surface area (Å²) in [5, 5.41) is 5.84. The van der Waals surface area contributed by atoms with E-state index >= 15 is 0 Å². The second kappa shape index (κ2) is 6.05. The predicted molar refractivity (Wildman–Crippen MR) is 75.5 cm³/mol. The van der Waals surface area contributed by atoms with Gasteiger partial charge in [-0.3, -0.25) is 4.79 Å². The second-order valence-corrected chi connectivity index (χ2v) is 4.41. The molecule has 0 fully saturated rings. The van der Waals surface area contributed by atoms with Crippen LogP contribution in [0.5, 0.6) is 0 Å². The number of primary amides is 1. The summed E-state index contributed by atoms with van der Waals surface area (Å²) in [5.41, 5.74) is 6.21. The quantitative estimate of drug-likeness (QED) is 0.765. The molecule has 3 N–H and O–H groups in total. The number of carbonyl (C=O) groups is 1. The maximum atomic E-state index is 10.6. The third-order valence-electron chi connectivity index (χ3n) is 2.93. The number of unbranched alkanes of at least 4 members (excludes halogenated alkanes) is 1. The highest BCUT2D eigenvalue weighted by Gasteiger charge is 1.97. The molecule has 0 unspecified atom stereocenters. The van der Waals surface area contributed by atoms with E-state index in [9.17, 15) is 4.79 Å². The summed E-state index contributed by atoms with van der Waals surface area (Å²) in [6, 6.07) is 14.6. The van der Waals surface area contributed by atoms with Crippen molar-refractivity contribution in [1.29, 1.82) is 0 Å². The molecular formula is C15H18N2O. The Kier molecular flexibility index (Phi) is 4.18. The number of anilines is 1. The van der Waals surface area contributed by atoms with Crippen LogP contribution in [-0.2, 0) is 4.79 Å². The number of hydrogen-bond acceptors (Lipinski definition) is 2. The van der Waals surface area contributed by atoms with E-state index in [4.69, 9.17) is 5.73 Å². The van der Waals surface area contributed by atoms with E-state index in [2.05, 4.69) is 35.6 Å². The molecule has 0 aliphatic carbocycles. The van der Waals surface area contributed by atoms with Gasteiger partial charge in [0.05, 0.1) is 0 Å². The molecule has 0 aliphatic rings. The summed E-state index contributed by atoms with van der Waals surface area (Å²) in [6.45, 7) is 0.867. The molecule has 0 heterocycles. The second-order valence-electron chi connectivity index (χ2n) is 4.41. The zero-order valence-electron chi connectivity index (χ0n) is 10.4. The highest BCUT2D eigenvalue weighted by molar-refractivity contribution is 5.85. The Balaban J connectivity index is 1.86. The number of nitrogens with one attached hydrogen (secondary N) is 1. The Bertz CT molecular complexity index is 537. The molecule has 0 spiro atoms. The molecule has 3 heteroatoms. The van der Waals surface area contributed by atoms with E-state index in [1.165, 1.54) is 10.8 Å². The van der Waals surface area contributed by atoms with E-state index < -0.39 is 0 Å². The monoisotopic (exact) mass is 242 g/mol. The van der Waals surface area contributed by atoms with Gasteiger partial charge in [0.25, 0.3) is 0 Å². The van der Waals surface area contributed by atoms with Crippen molar-refractivity contribution < 1.29 is 4.79 Å². The summed E-state index contributed by atoms with van der Waals surface area (Å²) in [6.07, 6.45) is 2.27. The van der Waals surface area contributed by atoms with Gasteiger partial charge in [-0.05, 0) is 35.7 Å². The van der Waals surface area contributed by atoms with E-state index in [0.717, 1.165) is 25.1 Å². The molecule has 94 valence electrons. The van der Waals surface area contributed by atoms with Gasteiger partial charge in [-0.15, -0.1) is 0 Å². The van der Waals surface area contributed by atoms with E-state index in [0.29, 0.717) is 6.42 Å². The fourth-order valence-corrected chi connectivity index (χ4v) is 1.96. The van der Waals surface area contributed by atoms with Gasteiger partial charge in [-0.1, -0.05) is 30.3 Å². The van der Waals surface area contributed by atoms with Crippen molar-refractivity contribution in [3.05, 3.63) is 42.5 Å². The summed E-state index contributed by atoms with van der Waals surface area (Å²) in [4.78, 5) is 10.6. The number of rotatable bonds is 6. The first-order chi connectivity index (χ1) is 8.75. The molecule has 2 rings (SSSR count). The number of nitrogens with two attached hydrogens (primary N) is 1. The SMILES string of the molecule is NC(=O)CCCCNc1ccc2ccccc2c1. The van der Waals surface area contributed by atoms with Gasteiger partial charge in [0.2, 0.25) is 5.91 Å². The lowest BCUT2D eigenvalue weighted by Gasteiger charge is -2.07. The lowest BCUT2D eigenvalue weighted by atomic mass is 10.1. The van der Waals surface area contributed by atoms with Crippen LogP contribution in [0.15, 0.2) is 42.5 Å². The average Bonchev–Trinajstić information content (AvgIpc) is 2.38. The van der Waals surface area contributed by atoms with Gasteiger partial charge in [0, 0.05) is 18.7 Å². The Morgan fingerprint density at radius 2 is 1.83 bits per heavy atom. The maximum absolute atomic E-state index is 10.6. The third-order valence-corrected chi connectivity index (χ3v) is 2.93. The van der Waals surface area contributed by atoms with Crippen molar-refractivity contribution >= 4 is 22.4 Å². The van der Waals surface area contributed by atoms with Crippen LogP contribution < -0.4 is 11.1 Å². The van der Waals surface area contributed by atoms with Gasteiger partial charge in [0.15, 0.2) is 0 Å². The zero-order chi connectivity index (χ0) is 12.8. The molecule has 1 amide bonds. The minimum Gasteiger partial charge on any atom is -0.385 e. The fourth-order valence-electron chi connectivity index (χ4n) is 1.96. The van der Waals surface area contributed by atoms with Crippen LogP contribution in [-0.4, -0.2) is 12.5 Å². The number of hydrogen-bond donors (Lipinski definition) is 2. The van der Waals surface area contributed by atoms with Crippen molar-refractivity contribution in [3.63, 3.8) is 0 Å². The van der Waals surface area contributed by atoms with E-state index in [-0.39, 0.29) is 5.91 Å². The van der Waals surface area contributed by atoms with Gasteiger partial charge >= 0.3 is 0 Å². The molecule has 0 saturated carbocycles. The summed E-state index contributed by atoms with van der Waals surface area (Å²) in [7, 11) is 0. The molecule has 18 heavy (non-hydrogen) atoms. The molecular weight excluding hydrogens is 224 g/mol. The highest BCUT2D eigenvalue weighted by Crippen LogP contribution is 2.18. The Labute approximate surface area is 107 Å². The summed E-state index contributed by atoms with van der Waals surface area (Å²) >= 11 is 0. The van der Waals surface area contributed by atoms with Crippen molar-refractivity contribution in [1.82, 2.24) is 0 Å². The van der Waals surface area contributed by atoms with Crippen LogP contribution in [0.2, 0.25) is 0 Å². The number of fused-ring (bicyclic) bond motifs is 1. The first-order valence-corrected chi connectivity index (χ1v) is 6.27. The molecule has 0 bridgehead atoms. The lowest BCUT2D eigenvalue weighted by Crippen LogP contribution is -2.10. The van der Waals surface area contributed by atoms with E-state index in [1.807, 2.05) is 12.1 Å². The largest absolute Gasteiger partial charge is 0.385 e. The topological polar surface area (TPSA) is 55.1 Å². The lowest BCUT2D eigenvalue weighted by molar-refractivity contribution is -0.118. The Hall–Kier alpha value is -2.03. The van der Waals surface area contributed by atoms with Crippen molar-refractivity contribution in [2.45, 2.75) is 19.3 Å². The van der Waals surface area contributed by atoms with Gasteiger partial charge in [-0.25, -0.2) is 0 Å². The maximum Gasteiger partial charge on any atom is 0.217 e. The molecule has 0 aromatic heterocycles. The van der Waals surface area contributed by atoms with Crippen LogP contribution in [0, 0.1) is 0 Å².